The van der Waals surface area contributed by atoms with Crippen molar-refractivity contribution in [1.29, 1.82) is 0 Å². The molecule has 1 saturated heterocycles. The number of para-hydroxylation sites is 1. The molecule has 9 heteroatoms. The molecule has 3 atom stereocenters. The Morgan fingerprint density at radius 1 is 1.00 bits per heavy atom. The molecule has 0 bridgehead atoms. The van der Waals surface area contributed by atoms with Crippen molar-refractivity contribution < 1.29 is 23.9 Å². The second-order valence-electron chi connectivity index (χ2n) is 9.72. The first-order valence-electron chi connectivity index (χ1n) is 12.6. The molecule has 2 aromatic carbocycles. The monoisotopic (exact) mass is 492 g/mol. The lowest BCUT2D eigenvalue weighted by Gasteiger charge is -2.42. The van der Waals surface area contributed by atoms with Gasteiger partial charge >= 0.3 is 6.03 Å². The number of fused-ring (bicyclic) bond motifs is 2. The summed E-state index contributed by atoms with van der Waals surface area (Å²) in [5.41, 5.74) is 1.54. The highest BCUT2D eigenvalue weighted by atomic mass is 16.5. The number of nitrogens with one attached hydrogen (secondary N) is 3. The van der Waals surface area contributed by atoms with Crippen LogP contribution in [0.1, 0.15) is 48.9 Å². The summed E-state index contributed by atoms with van der Waals surface area (Å²) in [7, 11) is 1.77. The van der Waals surface area contributed by atoms with Gasteiger partial charge in [-0.05, 0) is 62.4 Å². The molecule has 36 heavy (non-hydrogen) atoms. The van der Waals surface area contributed by atoms with Gasteiger partial charge in [0.25, 0.3) is 5.91 Å². The summed E-state index contributed by atoms with van der Waals surface area (Å²) in [6.45, 7) is 0.275. The zero-order chi connectivity index (χ0) is 25.1. The third-order valence-corrected chi connectivity index (χ3v) is 7.18. The van der Waals surface area contributed by atoms with Crippen LogP contribution in [0.4, 0.5) is 16.2 Å². The summed E-state index contributed by atoms with van der Waals surface area (Å²) < 4.78 is 12.3. The van der Waals surface area contributed by atoms with Gasteiger partial charge in [-0.1, -0.05) is 18.2 Å². The number of hydrogen-bond acceptors (Lipinski definition) is 5. The molecule has 2 fully saturated rings. The van der Waals surface area contributed by atoms with Crippen molar-refractivity contribution in [3.63, 3.8) is 0 Å². The molecule has 0 radical (unpaired) electrons. The van der Waals surface area contributed by atoms with Crippen molar-refractivity contribution in [2.75, 3.05) is 24.3 Å². The fourth-order valence-corrected chi connectivity index (χ4v) is 4.97. The Morgan fingerprint density at radius 3 is 2.53 bits per heavy atom. The summed E-state index contributed by atoms with van der Waals surface area (Å²) >= 11 is 0. The van der Waals surface area contributed by atoms with Gasteiger partial charge in [-0.25, -0.2) is 4.79 Å². The third kappa shape index (κ3) is 5.46. The molecule has 5 rings (SSSR count). The summed E-state index contributed by atoms with van der Waals surface area (Å²) in [6.07, 6.45) is 4.52. The van der Waals surface area contributed by atoms with Crippen molar-refractivity contribution >= 4 is 29.2 Å². The first-order valence-corrected chi connectivity index (χ1v) is 12.6. The molecule has 9 nitrogen and oxygen atoms in total. The largest absolute Gasteiger partial charge is 0.490 e. The van der Waals surface area contributed by atoms with Crippen LogP contribution < -0.4 is 20.7 Å². The summed E-state index contributed by atoms with van der Waals surface area (Å²) in [6, 6.07) is 13.9. The number of amides is 4. The van der Waals surface area contributed by atoms with Gasteiger partial charge in [-0.2, -0.15) is 0 Å². The maximum atomic E-state index is 13.4. The first kappa shape index (κ1) is 24.1. The fraction of sp³-hybridized carbons (Fsp3) is 0.444. The maximum Gasteiger partial charge on any atom is 0.323 e. The van der Waals surface area contributed by atoms with Crippen LogP contribution in [0.25, 0.3) is 0 Å². The van der Waals surface area contributed by atoms with Gasteiger partial charge in [-0.3, -0.25) is 9.59 Å². The molecule has 0 unspecified atom stereocenters. The van der Waals surface area contributed by atoms with Gasteiger partial charge < -0.3 is 30.3 Å². The van der Waals surface area contributed by atoms with Gasteiger partial charge in [0.05, 0.1) is 24.1 Å². The number of carbonyl (C=O) groups excluding carboxylic acids is 3. The number of likely N-dealkylation sites (N-methyl/N-ethyl adjacent to an activating group) is 1. The number of anilines is 2. The third-order valence-electron chi connectivity index (χ3n) is 7.18. The number of rotatable bonds is 5. The van der Waals surface area contributed by atoms with Crippen LogP contribution in [0.2, 0.25) is 0 Å². The van der Waals surface area contributed by atoms with E-state index in [4.69, 9.17) is 9.47 Å². The minimum Gasteiger partial charge on any atom is -0.490 e. The minimum atomic E-state index is -0.401. The van der Waals surface area contributed by atoms with E-state index in [0.717, 1.165) is 19.3 Å². The zero-order valence-electron chi connectivity index (χ0n) is 20.4. The van der Waals surface area contributed by atoms with E-state index in [2.05, 4.69) is 16.0 Å². The predicted octanol–water partition coefficient (Wildman–Crippen LogP) is 3.77. The van der Waals surface area contributed by atoms with Crippen LogP contribution in [0.3, 0.4) is 0 Å². The van der Waals surface area contributed by atoms with E-state index in [0.29, 0.717) is 41.6 Å². The highest BCUT2D eigenvalue weighted by Crippen LogP contribution is 2.32. The van der Waals surface area contributed by atoms with Crippen LogP contribution in [-0.2, 0) is 9.53 Å². The van der Waals surface area contributed by atoms with E-state index in [-0.39, 0.29) is 36.7 Å². The Morgan fingerprint density at radius 2 is 1.78 bits per heavy atom. The number of carbonyl (C=O) groups is 3. The molecule has 0 spiro atoms. The molecule has 2 aromatic rings. The summed E-state index contributed by atoms with van der Waals surface area (Å²) in [5, 5.41) is 8.61. The lowest BCUT2D eigenvalue weighted by atomic mass is 9.92. The Kier molecular flexibility index (Phi) is 7.09. The topological polar surface area (TPSA) is 109 Å². The molecule has 190 valence electrons. The Balaban J connectivity index is 1.23. The smallest absolute Gasteiger partial charge is 0.323 e. The van der Waals surface area contributed by atoms with Crippen LogP contribution >= 0.6 is 0 Å². The molecule has 4 amide bonds. The van der Waals surface area contributed by atoms with Gasteiger partial charge in [0, 0.05) is 24.5 Å². The molecule has 3 N–H and O–H groups in total. The van der Waals surface area contributed by atoms with Crippen molar-refractivity contribution in [2.24, 2.45) is 0 Å². The minimum absolute atomic E-state index is 0.0287. The standard InChI is InChI=1S/C27H32N4O5/c1-31-22-12-11-20(15-25(32)28-17-8-5-9-17)36-24(22)16-35-23-13-10-19(14-21(23)26(31)33)30-27(34)29-18-6-3-2-4-7-18/h2-4,6-7,10,13-14,17,20,22,24H,5,8-9,11-12,15-16H2,1H3,(H,28,32)(H2,29,30,34)/t20-,22-,24-/m0/s1. The van der Waals surface area contributed by atoms with Gasteiger partial charge in [0.1, 0.15) is 18.5 Å². The molecular weight excluding hydrogens is 460 g/mol. The van der Waals surface area contributed by atoms with Crippen molar-refractivity contribution in [3.05, 3.63) is 54.1 Å². The quantitative estimate of drug-likeness (QED) is 0.589. The van der Waals surface area contributed by atoms with Crippen LogP contribution in [0, 0.1) is 0 Å². The van der Waals surface area contributed by atoms with E-state index in [1.807, 2.05) is 18.2 Å². The van der Waals surface area contributed by atoms with Gasteiger partial charge in [-0.15, -0.1) is 0 Å². The normalized spacial score (nSPS) is 23.6. The number of nitrogens with zero attached hydrogens (tertiary/aromatic N) is 1. The summed E-state index contributed by atoms with van der Waals surface area (Å²) in [4.78, 5) is 39.9. The van der Waals surface area contributed by atoms with Crippen LogP contribution in [-0.4, -0.2) is 60.7 Å². The highest BCUT2D eigenvalue weighted by Gasteiger charge is 2.39. The second kappa shape index (κ2) is 10.6. The SMILES string of the molecule is CN1C(=O)c2cc(NC(=O)Nc3ccccc3)ccc2OC[C@@H]2O[C@H](CC(=O)NC3CCC3)CC[C@@H]21. The first-order chi connectivity index (χ1) is 17.5. The molecule has 3 aliphatic rings. The molecule has 0 aromatic heterocycles. The zero-order valence-corrected chi connectivity index (χ0v) is 20.4. The summed E-state index contributed by atoms with van der Waals surface area (Å²) in [5.74, 6) is 0.269. The van der Waals surface area contributed by atoms with Crippen LogP contribution in [0.5, 0.6) is 5.75 Å². The molecule has 2 heterocycles. The van der Waals surface area contributed by atoms with Crippen molar-refractivity contribution in [3.8, 4) is 5.75 Å². The van der Waals surface area contributed by atoms with Crippen molar-refractivity contribution in [1.82, 2.24) is 10.2 Å². The van der Waals surface area contributed by atoms with Crippen molar-refractivity contribution in [2.45, 2.75) is 62.8 Å². The van der Waals surface area contributed by atoms with Gasteiger partial charge in [0.2, 0.25) is 5.91 Å². The Hall–Kier alpha value is -3.59. The Bertz CT molecular complexity index is 1120. The fourth-order valence-electron chi connectivity index (χ4n) is 4.97. The van der Waals surface area contributed by atoms with Crippen LogP contribution in [0.15, 0.2) is 48.5 Å². The van der Waals surface area contributed by atoms with E-state index >= 15 is 0 Å². The lowest BCUT2D eigenvalue weighted by molar-refractivity contribution is -0.135. The Labute approximate surface area is 210 Å². The predicted molar refractivity (Wildman–Crippen MR) is 135 cm³/mol. The molecule has 1 aliphatic carbocycles. The molecular formula is C27H32N4O5. The average Bonchev–Trinajstić information content (AvgIpc) is 2.84. The maximum absolute atomic E-state index is 13.4. The van der Waals surface area contributed by atoms with E-state index in [9.17, 15) is 14.4 Å². The molecule has 1 saturated carbocycles. The number of hydrogen-bond donors (Lipinski definition) is 3. The number of ether oxygens (including phenoxy) is 2. The van der Waals surface area contributed by atoms with E-state index in [1.165, 1.54) is 6.42 Å². The lowest BCUT2D eigenvalue weighted by Crippen LogP contribution is -2.54. The van der Waals surface area contributed by atoms with E-state index < -0.39 is 6.03 Å². The number of urea groups is 1. The second-order valence-corrected chi connectivity index (χ2v) is 9.72. The van der Waals surface area contributed by atoms with Gasteiger partial charge in [0.15, 0.2) is 0 Å². The molecule has 2 aliphatic heterocycles. The highest BCUT2D eigenvalue weighted by molar-refractivity contribution is 6.02. The number of benzene rings is 2. The average molecular weight is 493 g/mol. The van der Waals surface area contributed by atoms with E-state index in [1.54, 1.807) is 42.3 Å².